The average Bonchev–Trinajstić information content (AvgIpc) is 2.35. The summed E-state index contributed by atoms with van der Waals surface area (Å²) in [5, 5.41) is 0.297. The minimum absolute atomic E-state index is 0.0627. The maximum atomic E-state index is 12.3. The zero-order chi connectivity index (χ0) is 14.9. The van der Waals surface area contributed by atoms with Crippen LogP contribution in [0.5, 0.6) is 0 Å². The van der Waals surface area contributed by atoms with E-state index in [0.717, 1.165) is 0 Å². The molecule has 0 aliphatic rings. The van der Waals surface area contributed by atoms with Crippen LogP contribution >= 0.6 is 27.5 Å². The van der Waals surface area contributed by atoms with Crippen molar-refractivity contribution in [2.45, 2.75) is 11.8 Å². The molecule has 20 heavy (non-hydrogen) atoms. The van der Waals surface area contributed by atoms with Gasteiger partial charge in [0.25, 0.3) is 10.0 Å². The van der Waals surface area contributed by atoms with E-state index in [1.165, 1.54) is 18.2 Å². The second-order valence-corrected chi connectivity index (χ2v) is 6.95. The van der Waals surface area contributed by atoms with Crippen molar-refractivity contribution in [1.29, 1.82) is 0 Å². The molecule has 0 atom stereocenters. The summed E-state index contributed by atoms with van der Waals surface area (Å²) < 4.78 is 27.7. The first-order valence-electron chi connectivity index (χ1n) is 5.50. The van der Waals surface area contributed by atoms with Crippen molar-refractivity contribution in [3.8, 4) is 0 Å². The molecule has 0 aliphatic carbocycles. The van der Waals surface area contributed by atoms with Gasteiger partial charge in [0.15, 0.2) is 0 Å². The van der Waals surface area contributed by atoms with E-state index in [1.807, 2.05) is 0 Å². The fourth-order valence-corrected chi connectivity index (χ4v) is 3.49. The maximum absolute atomic E-state index is 12.3. The number of sulfonamides is 1. The van der Waals surface area contributed by atoms with Crippen LogP contribution in [0.25, 0.3) is 0 Å². The Hall–Kier alpha value is -1.31. The molecule has 0 saturated heterocycles. The third kappa shape index (κ3) is 3.23. The number of nitrogens with one attached hydrogen (secondary N) is 1. The number of hydrogen-bond acceptors (Lipinski definition) is 4. The number of halogens is 2. The highest BCUT2D eigenvalue weighted by Gasteiger charge is 2.19. The van der Waals surface area contributed by atoms with E-state index < -0.39 is 10.0 Å². The van der Waals surface area contributed by atoms with Crippen LogP contribution in [0, 0.1) is 6.92 Å². The molecule has 0 radical (unpaired) electrons. The molecule has 0 amide bonds. The van der Waals surface area contributed by atoms with Crippen LogP contribution in [-0.2, 0) is 10.0 Å². The van der Waals surface area contributed by atoms with Crippen LogP contribution in [0.2, 0.25) is 5.02 Å². The van der Waals surface area contributed by atoms with Crippen LogP contribution in [-0.4, -0.2) is 13.4 Å². The summed E-state index contributed by atoms with van der Waals surface area (Å²) in [7, 11) is -3.82. The van der Waals surface area contributed by atoms with Gasteiger partial charge in [-0.1, -0.05) is 11.6 Å². The molecule has 2 aromatic rings. The number of anilines is 2. The second-order valence-electron chi connectivity index (χ2n) is 4.05. The molecule has 106 valence electrons. The third-order valence-electron chi connectivity index (χ3n) is 2.56. The summed E-state index contributed by atoms with van der Waals surface area (Å²) >= 11 is 9.03. The van der Waals surface area contributed by atoms with Gasteiger partial charge in [-0.25, -0.2) is 13.4 Å². The lowest BCUT2D eigenvalue weighted by molar-refractivity contribution is 0.601. The molecular weight excluding hydrogens is 366 g/mol. The van der Waals surface area contributed by atoms with Crippen LogP contribution in [0.1, 0.15) is 5.69 Å². The lowest BCUT2D eigenvalue weighted by atomic mass is 10.3. The van der Waals surface area contributed by atoms with Crippen molar-refractivity contribution < 1.29 is 8.42 Å². The van der Waals surface area contributed by atoms with Crippen LogP contribution < -0.4 is 10.5 Å². The fraction of sp³-hybridized carbons (Fsp3) is 0.0833. The largest absolute Gasteiger partial charge is 0.398 e. The van der Waals surface area contributed by atoms with E-state index in [2.05, 4.69) is 25.6 Å². The van der Waals surface area contributed by atoms with Gasteiger partial charge in [-0.15, -0.1) is 0 Å². The number of aromatic nitrogens is 1. The van der Waals surface area contributed by atoms with Gasteiger partial charge in [0.2, 0.25) is 0 Å². The topological polar surface area (TPSA) is 85.1 Å². The van der Waals surface area contributed by atoms with Crippen molar-refractivity contribution in [2.24, 2.45) is 0 Å². The zero-order valence-electron chi connectivity index (χ0n) is 10.4. The van der Waals surface area contributed by atoms with Crippen molar-refractivity contribution in [2.75, 3.05) is 10.5 Å². The first-order chi connectivity index (χ1) is 9.29. The Balaban J connectivity index is 2.43. The molecule has 0 saturated carbocycles. The van der Waals surface area contributed by atoms with Gasteiger partial charge in [0.05, 0.1) is 17.1 Å². The number of rotatable bonds is 3. The Kier molecular flexibility index (Phi) is 4.22. The van der Waals surface area contributed by atoms with Gasteiger partial charge < -0.3 is 5.73 Å². The summed E-state index contributed by atoms with van der Waals surface area (Å²) in [5.41, 5.74) is 6.75. The third-order valence-corrected chi connectivity index (χ3v) is 4.66. The SMILES string of the molecule is Cc1nc(Br)ccc1NS(=O)(=O)c1cc(Cl)ccc1N. The number of nitrogens with two attached hydrogens (primary N) is 1. The van der Waals surface area contributed by atoms with Gasteiger partial charge in [0, 0.05) is 5.02 Å². The van der Waals surface area contributed by atoms with E-state index in [9.17, 15) is 8.42 Å². The highest BCUT2D eigenvalue weighted by Crippen LogP contribution is 2.26. The molecule has 1 heterocycles. The minimum Gasteiger partial charge on any atom is -0.398 e. The van der Waals surface area contributed by atoms with Gasteiger partial charge in [-0.3, -0.25) is 4.72 Å². The highest BCUT2D eigenvalue weighted by molar-refractivity contribution is 9.10. The van der Waals surface area contributed by atoms with Crippen molar-refractivity contribution in [3.63, 3.8) is 0 Å². The summed E-state index contributed by atoms with van der Waals surface area (Å²) in [6, 6.07) is 7.55. The van der Waals surface area contributed by atoms with E-state index in [1.54, 1.807) is 19.1 Å². The smallest absolute Gasteiger partial charge is 0.264 e. The minimum atomic E-state index is -3.82. The molecular formula is C12H11BrClN3O2S. The molecule has 2 rings (SSSR count). The lowest BCUT2D eigenvalue weighted by Gasteiger charge is -2.12. The van der Waals surface area contributed by atoms with Crippen molar-refractivity contribution >= 4 is 48.9 Å². The van der Waals surface area contributed by atoms with Crippen LogP contribution in [0.3, 0.4) is 0 Å². The van der Waals surface area contributed by atoms with Gasteiger partial charge >= 0.3 is 0 Å². The lowest BCUT2D eigenvalue weighted by Crippen LogP contribution is -2.15. The molecule has 3 N–H and O–H groups in total. The Labute approximate surface area is 130 Å². The summed E-state index contributed by atoms with van der Waals surface area (Å²) in [6.07, 6.45) is 0. The van der Waals surface area contributed by atoms with E-state index in [-0.39, 0.29) is 10.6 Å². The quantitative estimate of drug-likeness (QED) is 0.636. The maximum Gasteiger partial charge on any atom is 0.264 e. The number of nitrogen functional groups attached to an aromatic ring is 1. The average molecular weight is 377 g/mol. The van der Waals surface area contributed by atoms with Crippen molar-refractivity contribution in [3.05, 3.63) is 45.7 Å². The number of benzene rings is 1. The van der Waals surface area contributed by atoms with Gasteiger partial charge in [0.1, 0.15) is 9.50 Å². The number of hydrogen-bond donors (Lipinski definition) is 2. The summed E-state index contributed by atoms with van der Waals surface area (Å²) in [5.74, 6) is 0. The highest BCUT2D eigenvalue weighted by atomic mass is 79.9. The number of nitrogens with zero attached hydrogens (tertiary/aromatic N) is 1. The van der Waals surface area contributed by atoms with Gasteiger partial charge in [-0.2, -0.15) is 0 Å². The Morgan fingerprint density at radius 1 is 1.30 bits per heavy atom. The first kappa shape index (κ1) is 15.1. The molecule has 1 aromatic heterocycles. The Morgan fingerprint density at radius 3 is 2.65 bits per heavy atom. The molecule has 0 aliphatic heterocycles. The zero-order valence-corrected chi connectivity index (χ0v) is 13.6. The number of pyridine rings is 1. The second kappa shape index (κ2) is 5.59. The molecule has 5 nitrogen and oxygen atoms in total. The van der Waals surface area contributed by atoms with Crippen molar-refractivity contribution in [1.82, 2.24) is 4.98 Å². The standard InChI is InChI=1S/C12H11BrClN3O2S/c1-7-10(4-5-12(13)16-7)17-20(18,19)11-6-8(14)2-3-9(11)15/h2-6,17H,15H2,1H3. The van der Waals surface area contributed by atoms with E-state index in [4.69, 9.17) is 17.3 Å². The molecule has 0 bridgehead atoms. The predicted octanol–water partition coefficient (Wildman–Crippen LogP) is 3.19. The molecule has 1 aromatic carbocycles. The predicted molar refractivity (Wildman–Crippen MR) is 83.3 cm³/mol. The summed E-state index contributed by atoms with van der Waals surface area (Å²) in [4.78, 5) is 4.06. The van der Waals surface area contributed by atoms with E-state index >= 15 is 0 Å². The Morgan fingerprint density at radius 2 is 2.00 bits per heavy atom. The molecule has 0 unspecified atom stereocenters. The fourth-order valence-electron chi connectivity index (χ4n) is 1.58. The molecule has 8 heteroatoms. The number of aryl methyl sites for hydroxylation is 1. The molecule has 0 fully saturated rings. The molecule has 0 spiro atoms. The normalized spacial score (nSPS) is 11.3. The Bertz CT molecular complexity index is 765. The van der Waals surface area contributed by atoms with Gasteiger partial charge in [-0.05, 0) is 53.2 Å². The van der Waals surface area contributed by atoms with Crippen LogP contribution in [0.4, 0.5) is 11.4 Å². The van der Waals surface area contributed by atoms with E-state index in [0.29, 0.717) is 21.0 Å². The summed E-state index contributed by atoms with van der Waals surface area (Å²) in [6.45, 7) is 1.70. The van der Waals surface area contributed by atoms with Crippen LogP contribution in [0.15, 0.2) is 39.8 Å². The monoisotopic (exact) mass is 375 g/mol. The first-order valence-corrected chi connectivity index (χ1v) is 8.16.